The molecule has 0 aliphatic carbocycles. The van der Waals surface area contributed by atoms with Crippen LogP contribution in [0.3, 0.4) is 0 Å². The lowest BCUT2D eigenvalue weighted by atomic mass is 10.1. The van der Waals surface area contributed by atoms with E-state index in [4.69, 9.17) is 18.4 Å². The molecule has 0 N–H and O–H groups in total. The van der Waals surface area contributed by atoms with E-state index in [1.165, 1.54) is 4.90 Å². The number of amides is 1. The van der Waals surface area contributed by atoms with Gasteiger partial charge < -0.3 is 14.2 Å². The summed E-state index contributed by atoms with van der Waals surface area (Å²) in [6.45, 7) is 6.09. The Morgan fingerprint density at radius 1 is 1.11 bits per heavy atom. The van der Waals surface area contributed by atoms with E-state index in [9.17, 15) is 13.2 Å². The van der Waals surface area contributed by atoms with Gasteiger partial charge >= 0.3 is 6.09 Å². The molecule has 0 aromatic heterocycles. The van der Waals surface area contributed by atoms with E-state index < -0.39 is 40.2 Å². The van der Waals surface area contributed by atoms with Crippen molar-refractivity contribution in [2.45, 2.75) is 51.4 Å². The fourth-order valence-electron chi connectivity index (χ4n) is 3.64. The summed E-state index contributed by atoms with van der Waals surface area (Å²) in [7, 11) is -3.86. The van der Waals surface area contributed by atoms with Gasteiger partial charge in [0.1, 0.15) is 11.7 Å². The molecular weight excluding hydrogens is 470 g/mol. The Labute approximate surface area is 207 Å². The molecule has 0 spiro atoms. The largest absolute Gasteiger partial charge is 0.444 e. The predicted molar refractivity (Wildman–Crippen MR) is 132 cm³/mol. The molecule has 3 rings (SSSR count). The summed E-state index contributed by atoms with van der Waals surface area (Å²) < 4.78 is 46.7. The molecule has 2 aromatic carbocycles. The minimum absolute atomic E-state index is 0.163. The number of hydrogen-bond acceptors (Lipinski definition) is 7. The normalized spacial score (nSPS) is 19.7. The first kappa shape index (κ1) is 26.9. The van der Waals surface area contributed by atoms with Crippen LogP contribution in [0, 0.1) is 0 Å². The lowest BCUT2D eigenvalue weighted by Crippen LogP contribution is -2.47. The third-order valence-electron chi connectivity index (χ3n) is 5.04. The highest BCUT2D eigenvalue weighted by Crippen LogP contribution is 2.34. The topological polar surface area (TPSA) is 91.4 Å². The second-order valence-corrected chi connectivity index (χ2v) is 10.8. The zero-order chi connectivity index (χ0) is 25.5. The number of benzene rings is 2. The Hall–Kier alpha value is -2.72. The highest BCUT2D eigenvalue weighted by molar-refractivity contribution is 7.86. The van der Waals surface area contributed by atoms with Gasteiger partial charge in [-0.25, -0.2) is 4.79 Å². The summed E-state index contributed by atoms with van der Waals surface area (Å²) in [4.78, 5) is 14.6. The molecule has 190 valence electrons. The van der Waals surface area contributed by atoms with Crippen LogP contribution in [0.1, 0.15) is 37.9 Å². The lowest BCUT2D eigenvalue weighted by molar-refractivity contribution is -0.0465. The molecule has 9 heteroatoms. The number of hydrogen-bond donors (Lipinski definition) is 0. The minimum Gasteiger partial charge on any atom is -0.444 e. The van der Waals surface area contributed by atoms with Gasteiger partial charge in [-0.3, -0.25) is 9.08 Å². The maximum Gasteiger partial charge on any atom is 0.413 e. The molecule has 0 unspecified atom stereocenters. The van der Waals surface area contributed by atoms with E-state index in [1.54, 1.807) is 32.9 Å². The van der Waals surface area contributed by atoms with Crippen molar-refractivity contribution in [1.29, 1.82) is 0 Å². The van der Waals surface area contributed by atoms with Crippen molar-refractivity contribution in [2.24, 2.45) is 0 Å². The van der Waals surface area contributed by atoms with E-state index in [1.807, 2.05) is 60.7 Å². The number of rotatable bonds is 9. The highest BCUT2D eigenvalue weighted by atomic mass is 32.2. The van der Waals surface area contributed by atoms with Crippen LogP contribution in [0.15, 0.2) is 72.8 Å². The van der Waals surface area contributed by atoms with Crippen LogP contribution < -0.4 is 0 Å². The van der Waals surface area contributed by atoms with Crippen molar-refractivity contribution in [3.05, 3.63) is 83.9 Å². The van der Waals surface area contributed by atoms with Crippen LogP contribution in [-0.4, -0.2) is 56.8 Å². The van der Waals surface area contributed by atoms with Gasteiger partial charge in [0.2, 0.25) is 0 Å². The van der Waals surface area contributed by atoms with Crippen LogP contribution >= 0.6 is 0 Å². The van der Waals surface area contributed by atoms with Gasteiger partial charge in [0.15, 0.2) is 6.23 Å². The molecule has 2 aromatic rings. The van der Waals surface area contributed by atoms with Gasteiger partial charge in [-0.2, -0.15) is 8.42 Å². The zero-order valence-corrected chi connectivity index (χ0v) is 21.3. The molecule has 0 bridgehead atoms. The van der Waals surface area contributed by atoms with Gasteiger partial charge in [0.25, 0.3) is 10.1 Å². The first-order valence-electron chi connectivity index (χ1n) is 11.4. The summed E-state index contributed by atoms with van der Waals surface area (Å²) >= 11 is 0. The SMILES string of the molecule is CC(C)(C)OC(=O)N1[C@@H]([C@H](/C=C\COCc2ccccc2)OS(C)(=O)=O)OC[C@H]1c1ccccc1. The Balaban J connectivity index is 1.81. The van der Waals surface area contributed by atoms with Crippen LogP contribution in [0.2, 0.25) is 0 Å². The van der Waals surface area contributed by atoms with Crippen molar-refractivity contribution >= 4 is 16.2 Å². The monoisotopic (exact) mass is 503 g/mol. The Bertz CT molecular complexity index is 1080. The number of ether oxygens (including phenoxy) is 3. The molecule has 1 aliphatic rings. The van der Waals surface area contributed by atoms with Crippen LogP contribution in [0.25, 0.3) is 0 Å². The minimum atomic E-state index is -3.86. The van der Waals surface area contributed by atoms with Crippen molar-refractivity contribution < 1.29 is 31.6 Å². The molecule has 1 heterocycles. The fraction of sp³-hybridized carbons (Fsp3) is 0.423. The van der Waals surface area contributed by atoms with Gasteiger partial charge in [-0.15, -0.1) is 0 Å². The number of carbonyl (C=O) groups excluding carboxylic acids is 1. The summed E-state index contributed by atoms with van der Waals surface area (Å²) in [5.41, 5.74) is 1.11. The van der Waals surface area contributed by atoms with Crippen LogP contribution in [0.5, 0.6) is 0 Å². The summed E-state index contributed by atoms with van der Waals surface area (Å²) in [5.74, 6) is 0. The van der Waals surface area contributed by atoms with Gasteiger partial charge in [0, 0.05) is 0 Å². The van der Waals surface area contributed by atoms with Crippen molar-refractivity contribution in [1.82, 2.24) is 4.90 Å². The van der Waals surface area contributed by atoms with E-state index in [0.29, 0.717) is 6.61 Å². The molecule has 1 saturated heterocycles. The average Bonchev–Trinajstić information content (AvgIpc) is 3.23. The van der Waals surface area contributed by atoms with Crippen molar-refractivity contribution in [3.8, 4) is 0 Å². The summed E-state index contributed by atoms with van der Waals surface area (Å²) in [5, 5.41) is 0. The highest BCUT2D eigenvalue weighted by Gasteiger charge is 2.45. The first-order valence-corrected chi connectivity index (χ1v) is 13.2. The number of nitrogens with zero attached hydrogens (tertiary/aromatic N) is 1. The van der Waals surface area contributed by atoms with Crippen LogP contribution in [0.4, 0.5) is 4.79 Å². The predicted octanol–water partition coefficient (Wildman–Crippen LogP) is 4.44. The molecule has 0 radical (unpaired) electrons. The van der Waals surface area contributed by atoms with E-state index in [-0.39, 0.29) is 13.2 Å². The maximum absolute atomic E-state index is 13.2. The second-order valence-electron chi connectivity index (χ2n) is 9.23. The Kier molecular flexibility index (Phi) is 9.07. The molecule has 1 amide bonds. The molecular formula is C26H33NO7S. The van der Waals surface area contributed by atoms with Gasteiger partial charge in [0.05, 0.1) is 32.1 Å². The molecule has 35 heavy (non-hydrogen) atoms. The van der Waals surface area contributed by atoms with E-state index in [2.05, 4.69) is 0 Å². The smallest absolute Gasteiger partial charge is 0.413 e. The maximum atomic E-state index is 13.2. The zero-order valence-electron chi connectivity index (χ0n) is 20.5. The molecule has 3 atom stereocenters. The first-order chi connectivity index (χ1) is 16.5. The molecule has 0 saturated carbocycles. The quantitative estimate of drug-likeness (QED) is 0.284. The third-order valence-corrected chi connectivity index (χ3v) is 5.61. The molecule has 1 aliphatic heterocycles. The third kappa shape index (κ3) is 8.47. The summed E-state index contributed by atoms with van der Waals surface area (Å²) in [6, 6.07) is 18.6. The summed E-state index contributed by atoms with van der Waals surface area (Å²) in [6.07, 6.45) is 1.43. The molecule has 1 fully saturated rings. The van der Waals surface area contributed by atoms with E-state index in [0.717, 1.165) is 17.4 Å². The Morgan fingerprint density at radius 2 is 1.74 bits per heavy atom. The van der Waals surface area contributed by atoms with Crippen molar-refractivity contribution in [2.75, 3.05) is 19.5 Å². The number of carbonyl (C=O) groups is 1. The van der Waals surface area contributed by atoms with Crippen molar-refractivity contribution in [3.63, 3.8) is 0 Å². The van der Waals surface area contributed by atoms with E-state index >= 15 is 0 Å². The van der Waals surface area contributed by atoms with Gasteiger partial charge in [-0.1, -0.05) is 72.8 Å². The molecule has 8 nitrogen and oxygen atoms in total. The van der Waals surface area contributed by atoms with Gasteiger partial charge in [-0.05, 0) is 31.9 Å². The lowest BCUT2D eigenvalue weighted by Gasteiger charge is -2.33. The van der Waals surface area contributed by atoms with Crippen LogP contribution in [-0.2, 0) is 35.1 Å². The second kappa shape index (κ2) is 11.8. The standard InChI is InChI=1S/C26H33NO7S/c1-26(2,3)33-25(28)27-22(21-14-9-6-10-15-21)19-32-24(27)23(34-35(4,29)30)16-11-17-31-18-20-12-7-5-8-13-20/h5-16,22-24H,17-19H2,1-4H3/b16-11-/t22-,23-,24+/m0/s1. The fourth-order valence-corrected chi connectivity index (χ4v) is 4.21. The average molecular weight is 504 g/mol. The Morgan fingerprint density at radius 3 is 2.34 bits per heavy atom.